The number of hydrogen-bond donors (Lipinski definition) is 4. The van der Waals surface area contributed by atoms with Gasteiger partial charge in [-0.1, -0.05) is 46.0 Å². The molecule has 124 valence electrons. The largest absolute Gasteiger partial charge is 0.396 e. The number of hydrogen-bond acceptors (Lipinski definition) is 4. The molecule has 0 bridgehead atoms. The molecule has 0 aromatic rings. The van der Waals surface area contributed by atoms with Gasteiger partial charge in [0.25, 0.3) is 0 Å². The van der Waals surface area contributed by atoms with Crippen molar-refractivity contribution in [1.82, 2.24) is 0 Å². The van der Waals surface area contributed by atoms with E-state index in [-0.39, 0.29) is 25.4 Å². The van der Waals surface area contributed by atoms with Gasteiger partial charge in [-0.05, 0) is 32.1 Å². The predicted molar refractivity (Wildman–Crippen MR) is 83.7 cm³/mol. The van der Waals surface area contributed by atoms with Crippen molar-refractivity contribution in [3.63, 3.8) is 0 Å². The summed E-state index contributed by atoms with van der Waals surface area (Å²) in [5, 5.41) is 35.2. The van der Waals surface area contributed by atoms with Crippen molar-refractivity contribution in [1.29, 1.82) is 0 Å². The lowest BCUT2D eigenvalue weighted by Crippen LogP contribution is -2.07. The number of aliphatic hydroxyl groups is 4. The van der Waals surface area contributed by atoms with Gasteiger partial charge in [-0.25, -0.2) is 0 Å². The third-order valence-corrected chi connectivity index (χ3v) is 3.19. The fraction of sp³-hybridized carbons (Fsp3) is 1.00. The standard InChI is InChI=1S/2C8H18O2/c1-2-3-5-8(10)6-4-7-9;1-2-3-4-5-8(10)6-7-9/h2*8-10H,2-7H2,1H3. The monoisotopic (exact) mass is 292 g/mol. The zero-order chi connectivity index (χ0) is 15.6. The molecule has 4 N–H and O–H groups in total. The van der Waals surface area contributed by atoms with E-state index in [4.69, 9.17) is 15.3 Å². The molecular formula is C16H36O4. The van der Waals surface area contributed by atoms with Crippen molar-refractivity contribution in [3.05, 3.63) is 0 Å². The first-order valence-electron chi connectivity index (χ1n) is 8.20. The quantitative estimate of drug-likeness (QED) is 0.417. The maximum absolute atomic E-state index is 9.20. The van der Waals surface area contributed by atoms with Crippen LogP contribution in [-0.4, -0.2) is 45.8 Å². The lowest BCUT2D eigenvalue weighted by molar-refractivity contribution is 0.122. The molecule has 0 radical (unpaired) electrons. The highest BCUT2D eigenvalue weighted by molar-refractivity contribution is 4.54. The Labute approximate surface area is 124 Å². The Balaban J connectivity index is 0. The van der Waals surface area contributed by atoms with Crippen molar-refractivity contribution in [2.45, 2.75) is 90.3 Å². The second-order valence-corrected chi connectivity index (χ2v) is 5.32. The second-order valence-electron chi connectivity index (χ2n) is 5.32. The van der Waals surface area contributed by atoms with E-state index in [1.165, 1.54) is 12.8 Å². The van der Waals surface area contributed by atoms with Gasteiger partial charge in [0.15, 0.2) is 0 Å². The van der Waals surface area contributed by atoms with E-state index in [1.54, 1.807) is 0 Å². The maximum atomic E-state index is 9.20. The molecule has 0 aliphatic heterocycles. The van der Waals surface area contributed by atoms with Gasteiger partial charge in [0.05, 0.1) is 12.2 Å². The Morgan fingerprint density at radius 2 is 1.10 bits per heavy atom. The summed E-state index contributed by atoms with van der Waals surface area (Å²) in [4.78, 5) is 0. The molecule has 0 aromatic heterocycles. The van der Waals surface area contributed by atoms with E-state index in [9.17, 15) is 5.11 Å². The summed E-state index contributed by atoms with van der Waals surface area (Å²) < 4.78 is 0. The van der Waals surface area contributed by atoms with Gasteiger partial charge in [0.1, 0.15) is 0 Å². The van der Waals surface area contributed by atoms with Crippen molar-refractivity contribution < 1.29 is 20.4 Å². The molecular weight excluding hydrogens is 256 g/mol. The molecule has 0 saturated heterocycles. The molecule has 0 rings (SSSR count). The van der Waals surface area contributed by atoms with Crippen molar-refractivity contribution in [2.75, 3.05) is 13.2 Å². The molecule has 0 aliphatic carbocycles. The first-order chi connectivity index (χ1) is 9.62. The topological polar surface area (TPSA) is 80.9 Å². The lowest BCUT2D eigenvalue weighted by Gasteiger charge is -2.07. The summed E-state index contributed by atoms with van der Waals surface area (Å²) in [5.74, 6) is 0. The molecule has 0 fully saturated rings. The van der Waals surface area contributed by atoms with Crippen molar-refractivity contribution in [3.8, 4) is 0 Å². The molecule has 4 heteroatoms. The number of aliphatic hydroxyl groups excluding tert-OH is 4. The summed E-state index contributed by atoms with van der Waals surface area (Å²) in [6.45, 7) is 4.55. The van der Waals surface area contributed by atoms with Crippen LogP contribution in [0.5, 0.6) is 0 Å². The molecule has 2 atom stereocenters. The number of unbranched alkanes of at least 4 members (excludes halogenated alkanes) is 3. The van der Waals surface area contributed by atoms with Crippen LogP contribution in [0.25, 0.3) is 0 Å². The maximum Gasteiger partial charge on any atom is 0.0562 e. The fourth-order valence-corrected chi connectivity index (χ4v) is 1.83. The number of rotatable bonds is 12. The van der Waals surface area contributed by atoms with E-state index in [0.717, 1.165) is 44.9 Å². The van der Waals surface area contributed by atoms with E-state index >= 15 is 0 Å². The second kappa shape index (κ2) is 18.8. The highest BCUT2D eigenvalue weighted by atomic mass is 16.3. The zero-order valence-corrected chi connectivity index (χ0v) is 13.4. The fourth-order valence-electron chi connectivity index (χ4n) is 1.83. The molecule has 2 unspecified atom stereocenters. The third kappa shape index (κ3) is 20.2. The summed E-state index contributed by atoms with van der Waals surface area (Å²) in [6, 6.07) is 0. The van der Waals surface area contributed by atoms with Crippen LogP contribution in [0.1, 0.15) is 78.1 Å². The van der Waals surface area contributed by atoms with Crippen LogP contribution in [-0.2, 0) is 0 Å². The van der Waals surface area contributed by atoms with Crippen LogP contribution in [0.3, 0.4) is 0 Å². The average Bonchev–Trinajstić information content (AvgIpc) is 2.44. The highest BCUT2D eigenvalue weighted by Gasteiger charge is 2.01. The Hall–Kier alpha value is -0.160. The van der Waals surface area contributed by atoms with Crippen LogP contribution >= 0.6 is 0 Å². The zero-order valence-electron chi connectivity index (χ0n) is 13.4. The summed E-state index contributed by atoms with van der Waals surface area (Å²) in [6.07, 6.45) is 8.94. The molecule has 0 amide bonds. The van der Waals surface area contributed by atoms with Crippen LogP contribution in [0, 0.1) is 0 Å². The molecule has 0 aromatic carbocycles. The molecule has 0 saturated carbocycles. The van der Waals surface area contributed by atoms with Crippen LogP contribution in [0.2, 0.25) is 0 Å². The molecule has 0 spiro atoms. The highest BCUT2D eigenvalue weighted by Crippen LogP contribution is 2.06. The first-order valence-corrected chi connectivity index (χ1v) is 8.20. The first kappa shape index (κ1) is 22.1. The Morgan fingerprint density at radius 1 is 0.600 bits per heavy atom. The van der Waals surface area contributed by atoms with Crippen LogP contribution < -0.4 is 0 Å². The summed E-state index contributed by atoms with van der Waals surface area (Å²) >= 11 is 0. The van der Waals surface area contributed by atoms with E-state index < -0.39 is 0 Å². The summed E-state index contributed by atoms with van der Waals surface area (Å²) in [7, 11) is 0. The molecule has 0 heterocycles. The van der Waals surface area contributed by atoms with Gasteiger partial charge in [-0.2, -0.15) is 0 Å². The minimum atomic E-state index is -0.281. The molecule has 0 aliphatic rings. The Morgan fingerprint density at radius 3 is 1.60 bits per heavy atom. The Bertz CT molecular complexity index is 157. The molecule has 4 nitrogen and oxygen atoms in total. The van der Waals surface area contributed by atoms with Gasteiger partial charge >= 0.3 is 0 Å². The van der Waals surface area contributed by atoms with E-state index in [2.05, 4.69) is 13.8 Å². The average molecular weight is 292 g/mol. The van der Waals surface area contributed by atoms with Crippen LogP contribution in [0.15, 0.2) is 0 Å². The lowest BCUT2D eigenvalue weighted by atomic mass is 10.1. The molecule has 20 heavy (non-hydrogen) atoms. The summed E-state index contributed by atoms with van der Waals surface area (Å²) in [5.41, 5.74) is 0. The minimum Gasteiger partial charge on any atom is -0.396 e. The SMILES string of the molecule is CCCCC(O)CCCO.CCCCCC(O)CCO. The van der Waals surface area contributed by atoms with Gasteiger partial charge in [0.2, 0.25) is 0 Å². The van der Waals surface area contributed by atoms with Gasteiger partial charge in [-0.15, -0.1) is 0 Å². The smallest absolute Gasteiger partial charge is 0.0562 e. The van der Waals surface area contributed by atoms with Crippen LogP contribution in [0.4, 0.5) is 0 Å². The van der Waals surface area contributed by atoms with Gasteiger partial charge < -0.3 is 20.4 Å². The third-order valence-electron chi connectivity index (χ3n) is 3.19. The Kier molecular flexibility index (Phi) is 20.8. The van der Waals surface area contributed by atoms with Gasteiger partial charge in [0, 0.05) is 13.2 Å². The van der Waals surface area contributed by atoms with E-state index in [1.807, 2.05) is 0 Å². The van der Waals surface area contributed by atoms with Gasteiger partial charge in [-0.3, -0.25) is 0 Å². The normalized spacial score (nSPS) is 13.5. The predicted octanol–water partition coefficient (Wildman–Crippen LogP) is 2.62. The van der Waals surface area contributed by atoms with Crippen molar-refractivity contribution in [2.24, 2.45) is 0 Å². The van der Waals surface area contributed by atoms with Crippen molar-refractivity contribution >= 4 is 0 Å². The van der Waals surface area contributed by atoms with E-state index in [0.29, 0.717) is 6.42 Å². The minimum absolute atomic E-state index is 0.104.